The highest BCUT2D eigenvalue weighted by Crippen LogP contribution is 2.33. The zero-order valence-corrected chi connectivity index (χ0v) is 15.6. The second-order valence-corrected chi connectivity index (χ2v) is 6.73. The first-order valence-corrected chi connectivity index (χ1v) is 9.15. The third kappa shape index (κ3) is 3.51. The van der Waals surface area contributed by atoms with E-state index >= 15 is 0 Å². The summed E-state index contributed by atoms with van der Waals surface area (Å²) in [6.45, 7) is 4.12. The molecule has 3 heterocycles. The van der Waals surface area contributed by atoms with Gasteiger partial charge >= 0.3 is 0 Å². The van der Waals surface area contributed by atoms with Crippen LogP contribution in [0.15, 0.2) is 73.1 Å². The number of rotatable bonds is 5. The van der Waals surface area contributed by atoms with Gasteiger partial charge < -0.3 is 0 Å². The number of H-pyrrole nitrogens is 1. The van der Waals surface area contributed by atoms with Crippen LogP contribution in [0.2, 0.25) is 0 Å². The van der Waals surface area contributed by atoms with Gasteiger partial charge in [0.1, 0.15) is 0 Å². The second-order valence-electron chi connectivity index (χ2n) is 6.73. The Bertz CT molecular complexity index is 964. The molecule has 0 aliphatic rings. The van der Waals surface area contributed by atoms with Gasteiger partial charge in [0, 0.05) is 41.0 Å². The minimum absolute atomic E-state index is 0.0982. The molecule has 4 aromatic rings. The van der Waals surface area contributed by atoms with Crippen molar-refractivity contribution in [3.63, 3.8) is 0 Å². The average Bonchev–Trinajstić information content (AvgIpc) is 3.06. The minimum Gasteiger partial charge on any atom is -0.282 e. The van der Waals surface area contributed by atoms with Crippen molar-refractivity contribution in [3.8, 4) is 11.1 Å². The lowest BCUT2D eigenvalue weighted by atomic mass is 9.87. The number of aryl methyl sites for hydroxylation is 2. The quantitative estimate of drug-likeness (QED) is 0.557. The zero-order chi connectivity index (χ0) is 18.6. The number of aromatic nitrogens is 4. The predicted octanol–water partition coefficient (Wildman–Crippen LogP) is 4.86. The summed E-state index contributed by atoms with van der Waals surface area (Å²) in [7, 11) is 0. The summed E-state index contributed by atoms with van der Waals surface area (Å²) in [6, 6.07) is 20.7. The van der Waals surface area contributed by atoms with Crippen LogP contribution in [0.5, 0.6) is 0 Å². The number of nitrogens with one attached hydrogen (secondary N) is 1. The molecule has 4 rings (SSSR count). The Morgan fingerprint density at radius 1 is 0.815 bits per heavy atom. The van der Waals surface area contributed by atoms with E-state index in [1.807, 2.05) is 43.6 Å². The summed E-state index contributed by atoms with van der Waals surface area (Å²) in [6.07, 6.45) is 4.53. The van der Waals surface area contributed by atoms with Crippen LogP contribution >= 0.6 is 0 Å². The van der Waals surface area contributed by atoms with Crippen LogP contribution in [0.4, 0.5) is 0 Å². The van der Waals surface area contributed by atoms with Crippen LogP contribution in [0, 0.1) is 13.8 Å². The lowest BCUT2D eigenvalue weighted by Crippen LogP contribution is -2.09. The fourth-order valence-electron chi connectivity index (χ4n) is 3.63. The van der Waals surface area contributed by atoms with E-state index in [0.717, 1.165) is 29.2 Å². The second kappa shape index (κ2) is 7.54. The average molecular weight is 354 g/mol. The number of hydrogen-bond acceptors (Lipinski definition) is 3. The van der Waals surface area contributed by atoms with Gasteiger partial charge in [-0.05, 0) is 55.7 Å². The molecule has 0 spiro atoms. The van der Waals surface area contributed by atoms with Crippen LogP contribution in [-0.2, 0) is 6.42 Å². The Labute approximate surface area is 159 Å². The molecule has 4 heteroatoms. The number of pyridine rings is 2. The van der Waals surface area contributed by atoms with Gasteiger partial charge in [0.2, 0.25) is 0 Å². The lowest BCUT2D eigenvalue weighted by Gasteiger charge is -2.18. The highest BCUT2D eigenvalue weighted by Gasteiger charge is 2.20. The molecule has 0 bridgehead atoms. The highest BCUT2D eigenvalue weighted by atomic mass is 15.1. The maximum Gasteiger partial charge on any atom is 0.0672 e. The van der Waals surface area contributed by atoms with E-state index in [1.54, 1.807) is 0 Å². The predicted molar refractivity (Wildman–Crippen MR) is 108 cm³/mol. The molecule has 3 aromatic heterocycles. The van der Waals surface area contributed by atoms with E-state index in [1.165, 1.54) is 16.7 Å². The summed E-state index contributed by atoms with van der Waals surface area (Å²) in [4.78, 5) is 9.24. The molecule has 0 saturated carbocycles. The Morgan fingerprint density at radius 2 is 1.44 bits per heavy atom. The monoisotopic (exact) mass is 354 g/mol. The Morgan fingerprint density at radius 3 is 2.00 bits per heavy atom. The van der Waals surface area contributed by atoms with Crippen molar-refractivity contribution in [2.45, 2.75) is 26.2 Å². The first-order valence-electron chi connectivity index (χ1n) is 9.15. The summed E-state index contributed by atoms with van der Waals surface area (Å²) in [5, 5.41) is 7.48. The number of aromatic amines is 1. The fourth-order valence-corrected chi connectivity index (χ4v) is 3.63. The van der Waals surface area contributed by atoms with E-state index in [-0.39, 0.29) is 5.92 Å². The molecule has 1 aromatic carbocycles. The Balaban J connectivity index is 1.79. The first-order chi connectivity index (χ1) is 13.2. The van der Waals surface area contributed by atoms with Crippen molar-refractivity contribution in [1.29, 1.82) is 0 Å². The van der Waals surface area contributed by atoms with Gasteiger partial charge in [-0.25, -0.2) is 0 Å². The largest absolute Gasteiger partial charge is 0.282 e. The van der Waals surface area contributed by atoms with Crippen molar-refractivity contribution >= 4 is 0 Å². The smallest absolute Gasteiger partial charge is 0.0672 e. The third-order valence-electron chi connectivity index (χ3n) is 4.93. The maximum absolute atomic E-state index is 4.62. The molecular weight excluding hydrogens is 332 g/mol. The van der Waals surface area contributed by atoms with Gasteiger partial charge in [-0.15, -0.1) is 0 Å². The van der Waals surface area contributed by atoms with Crippen LogP contribution < -0.4 is 0 Å². The minimum atomic E-state index is 0.0982. The van der Waals surface area contributed by atoms with E-state index < -0.39 is 0 Å². The van der Waals surface area contributed by atoms with E-state index in [9.17, 15) is 0 Å². The Hall–Kier alpha value is -3.27. The third-order valence-corrected chi connectivity index (χ3v) is 4.93. The number of hydrogen-bond donors (Lipinski definition) is 1. The van der Waals surface area contributed by atoms with Gasteiger partial charge in [0.15, 0.2) is 0 Å². The van der Waals surface area contributed by atoms with Crippen molar-refractivity contribution in [2.75, 3.05) is 0 Å². The lowest BCUT2D eigenvalue weighted by molar-refractivity contribution is 0.747. The van der Waals surface area contributed by atoms with E-state index in [0.29, 0.717) is 0 Å². The van der Waals surface area contributed by atoms with Gasteiger partial charge in [-0.2, -0.15) is 5.10 Å². The molecule has 0 aliphatic heterocycles. The molecule has 27 heavy (non-hydrogen) atoms. The van der Waals surface area contributed by atoms with Gasteiger partial charge in [0.25, 0.3) is 0 Å². The normalized spacial score (nSPS) is 11.1. The first kappa shape index (κ1) is 17.2. The summed E-state index contributed by atoms with van der Waals surface area (Å²) >= 11 is 0. The van der Waals surface area contributed by atoms with E-state index in [4.69, 9.17) is 0 Å². The molecule has 0 radical (unpaired) electrons. The SMILES string of the molecule is Cc1n[nH]c(C)c1-c1ccccc1CC(c1ccccn1)c1ccccn1. The summed E-state index contributed by atoms with van der Waals surface area (Å²) < 4.78 is 0. The molecule has 0 aliphatic carbocycles. The molecule has 1 N–H and O–H groups in total. The molecule has 0 amide bonds. The van der Waals surface area contributed by atoms with E-state index in [2.05, 4.69) is 63.5 Å². The maximum atomic E-state index is 4.62. The molecule has 4 nitrogen and oxygen atoms in total. The zero-order valence-electron chi connectivity index (χ0n) is 15.6. The molecule has 0 atom stereocenters. The van der Waals surface area contributed by atoms with Crippen LogP contribution in [0.3, 0.4) is 0 Å². The van der Waals surface area contributed by atoms with Gasteiger partial charge in [-0.3, -0.25) is 15.1 Å². The number of benzene rings is 1. The van der Waals surface area contributed by atoms with Crippen LogP contribution in [-0.4, -0.2) is 20.2 Å². The van der Waals surface area contributed by atoms with Crippen molar-refractivity contribution in [3.05, 3.63) is 101 Å². The summed E-state index contributed by atoms with van der Waals surface area (Å²) in [5.74, 6) is 0.0982. The Kier molecular flexibility index (Phi) is 4.79. The highest BCUT2D eigenvalue weighted by molar-refractivity contribution is 5.71. The van der Waals surface area contributed by atoms with Crippen molar-refractivity contribution in [1.82, 2.24) is 20.2 Å². The fraction of sp³-hybridized carbons (Fsp3) is 0.174. The van der Waals surface area contributed by atoms with Crippen LogP contribution in [0.1, 0.15) is 34.3 Å². The van der Waals surface area contributed by atoms with Crippen molar-refractivity contribution < 1.29 is 0 Å². The topological polar surface area (TPSA) is 54.5 Å². The van der Waals surface area contributed by atoms with Gasteiger partial charge in [-0.1, -0.05) is 36.4 Å². The molecule has 0 unspecified atom stereocenters. The number of nitrogens with zero attached hydrogens (tertiary/aromatic N) is 3. The molecule has 0 saturated heterocycles. The van der Waals surface area contributed by atoms with Gasteiger partial charge in [0.05, 0.1) is 5.69 Å². The molecule has 0 fully saturated rings. The molecular formula is C23H22N4. The standard InChI is InChI=1S/C23H22N4/c1-16-23(17(2)27-26-16)19-10-4-3-9-18(19)15-20(21-11-5-7-13-24-21)22-12-6-8-14-25-22/h3-14,20H,15H2,1-2H3,(H,26,27). The van der Waals surface area contributed by atoms with Crippen LogP contribution in [0.25, 0.3) is 11.1 Å². The van der Waals surface area contributed by atoms with Crippen molar-refractivity contribution in [2.24, 2.45) is 0 Å². The molecule has 134 valence electrons. The summed E-state index contributed by atoms with van der Waals surface area (Å²) in [5.41, 5.74) is 7.86.